The lowest BCUT2D eigenvalue weighted by Gasteiger charge is -2.11. The molecule has 3 amide bonds. The number of rotatable bonds is 5. The first-order valence-electron chi connectivity index (χ1n) is 5.72. The van der Waals surface area contributed by atoms with Crippen LogP contribution in [-0.2, 0) is 9.53 Å². The van der Waals surface area contributed by atoms with Gasteiger partial charge in [-0.05, 0) is 19.1 Å². The van der Waals surface area contributed by atoms with Crippen molar-refractivity contribution < 1.29 is 23.9 Å². The van der Waals surface area contributed by atoms with Crippen LogP contribution in [0.5, 0.6) is 5.75 Å². The number of carbonyl (C=O) groups is 3. The standard InChI is InChI=1S/C12H15N3O5/c1-2-19-11(17)8-4-3-7(13)5-9(8)20-6-10(16)15-12(14)18/h3-5H,2,6,13H2,1H3,(H3,14,15,16,18). The number of nitrogens with two attached hydrogens (primary N) is 2. The predicted molar refractivity (Wildman–Crippen MR) is 70.0 cm³/mol. The van der Waals surface area contributed by atoms with Gasteiger partial charge < -0.3 is 20.9 Å². The molecule has 0 fully saturated rings. The molecule has 0 atom stereocenters. The SMILES string of the molecule is CCOC(=O)c1ccc(N)cc1OCC(=O)NC(N)=O. The molecule has 1 rings (SSSR count). The number of benzene rings is 1. The average molecular weight is 281 g/mol. The Morgan fingerprint density at radius 2 is 2.00 bits per heavy atom. The fourth-order valence-electron chi connectivity index (χ4n) is 1.35. The molecular formula is C12H15N3O5. The van der Waals surface area contributed by atoms with Gasteiger partial charge in [-0.1, -0.05) is 0 Å². The smallest absolute Gasteiger partial charge is 0.341 e. The van der Waals surface area contributed by atoms with Crippen LogP contribution in [0.4, 0.5) is 10.5 Å². The van der Waals surface area contributed by atoms with E-state index in [-0.39, 0.29) is 17.9 Å². The lowest BCUT2D eigenvalue weighted by Crippen LogP contribution is -2.38. The number of nitrogen functional groups attached to an aromatic ring is 1. The first-order chi connectivity index (χ1) is 9.43. The average Bonchev–Trinajstić information content (AvgIpc) is 2.36. The Labute approximate surface area is 115 Å². The predicted octanol–water partition coefficient (Wildman–Crippen LogP) is 0.0192. The molecule has 0 heterocycles. The number of urea groups is 1. The van der Waals surface area contributed by atoms with Crippen molar-refractivity contribution >= 4 is 23.6 Å². The number of carbonyl (C=O) groups excluding carboxylic acids is 3. The first kappa shape index (κ1) is 15.3. The third-order valence-electron chi connectivity index (χ3n) is 2.12. The number of anilines is 1. The van der Waals surface area contributed by atoms with Crippen LogP contribution in [0.3, 0.4) is 0 Å². The summed E-state index contributed by atoms with van der Waals surface area (Å²) < 4.78 is 9.99. The maximum absolute atomic E-state index is 11.7. The van der Waals surface area contributed by atoms with Crippen LogP contribution < -0.4 is 21.5 Å². The van der Waals surface area contributed by atoms with Crippen molar-refractivity contribution in [2.45, 2.75) is 6.92 Å². The van der Waals surface area contributed by atoms with E-state index in [1.807, 2.05) is 5.32 Å². The molecule has 20 heavy (non-hydrogen) atoms. The summed E-state index contributed by atoms with van der Waals surface area (Å²) in [5.41, 5.74) is 10.8. The van der Waals surface area contributed by atoms with Crippen LogP contribution in [0.2, 0.25) is 0 Å². The summed E-state index contributed by atoms with van der Waals surface area (Å²) in [6.07, 6.45) is 0. The van der Waals surface area contributed by atoms with Crippen molar-refractivity contribution in [3.8, 4) is 5.75 Å². The number of hydrogen-bond acceptors (Lipinski definition) is 6. The number of primary amides is 1. The summed E-state index contributed by atoms with van der Waals surface area (Å²) in [6, 6.07) is 3.32. The largest absolute Gasteiger partial charge is 0.483 e. The Balaban J connectivity index is 2.82. The highest BCUT2D eigenvalue weighted by Gasteiger charge is 2.15. The summed E-state index contributed by atoms with van der Waals surface area (Å²) >= 11 is 0. The van der Waals surface area contributed by atoms with E-state index in [9.17, 15) is 14.4 Å². The highest BCUT2D eigenvalue weighted by molar-refractivity contribution is 5.95. The minimum absolute atomic E-state index is 0.0862. The molecule has 0 unspecified atom stereocenters. The third-order valence-corrected chi connectivity index (χ3v) is 2.12. The fourth-order valence-corrected chi connectivity index (χ4v) is 1.35. The van der Waals surface area contributed by atoms with E-state index in [2.05, 4.69) is 0 Å². The van der Waals surface area contributed by atoms with E-state index in [4.69, 9.17) is 20.9 Å². The Morgan fingerprint density at radius 1 is 1.30 bits per heavy atom. The normalized spacial score (nSPS) is 9.65. The Bertz CT molecular complexity index is 530. The van der Waals surface area contributed by atoms with Gasteiger partial charge in [0.15, 0.2) is 6.61 Å². The number of amides is 3. The van der Waals surface area contributed by atoms with Crippen molar-refractivity contribution in [3.63, 3.8) is 0 Å². The summed E-state index contributed by atoms with van der Waals surface area (Å²) in [4.78, 5) is 33.4. The van der Waals surface area contributed by atoms with Crippen LogP contribution in [-0.4, -0.2) is 31.1 Å². The van der Waals surface area contributed by atoms with Gasteiger partial charge in [0.25, 0.3) is 5.91 Å². The second-order valence-electron chi connectivity index (χ2n) is 3.68. The topological polar surface area (TPSA) is 134 Å². The van der Waals surface area contributed by atoms with E-state index in [0.717, 1.165) is 0 Å². The lowest BCUT2D eigenvalue weighted by atomic mass is 10.2. The minimum atomic E-state index is -0.989. The summed E-state index contributed by atoms with van der Waals surface area (Å²) in [5.74, 6) is -1.25. The van der Waals surface area contributed by atoms with Gasteiger partial charge in [0.05, 0.1) is 6.61 Å². The third kappa shape index (κ3) is 4.48. The monoisotopic (exact) mass is 281 g/mol. The van der Waals surface area contributed by atoms with Crippen molar-refractivity contribution in [1.29, 1.82) is 0 Å². The van der Waals surface area contributed by atoms with Crippen LogP contribution in [0, 0.1) is 0 Å². The molecule has 0 saturated carbocycles. The zero-order valence-electron chi connectivity index (χ0n) is 10.8. The van der Waals surface area contributed by atoms with E-state index < -0.39 is 24.5 Å². The second kappa shape index (κ2) is 6.98. The van der Waals surface area contributed by atoms with Gasteiger partial charge in [0, 0.05) is 11.8 Å². The zero-order chi connectivity index (χ0) is 15.1. The summed E-state index contributed by atoms with van der Waals surface area (Å²) in [6.45, 7) is 1.37. The number of imide groups is 1. The van der Waals surface area contributed by atoms with Crippen LogP contribution >= 0.6 is 0 Å². The molecule has 0 radical (unpaired) electrons. The van der Waals surface area contributed by atoms with E-state index >= 15 is 0 Å². The molecular weight excluding hydrogens is 266 g/mol. The van der Waals surface area contributed by atoms with Crippen molar-refractivity contribution in [2.75, 3.05) is 18.9 Å². The molecule has 0 aliphatic heterocycles. The van der Waals surface area contributed by atoms with Gasteiger partial charge in [-0.25, -0.2) is 9.59 Å². The highest BCUT2D eigenvalue weighted by Crippen LogP contribution is 2.22. The second-order valence-corrected chi connectivity index (χ2v) is 3.68. The summed E-state index contributed by atoms with van der Waals surface area (Å²) in [5, 5.41) is 1.83. The quantitative estimate of drug-likeness (QED) is 0.514. The summed E-state index contributed by atoms with van der Waals surface area (Å²) in [7, 11) is 0. The molecule has 0 bridgehead atoms. The van der Waals surface area contributed by atoms with Gasteiger partial charge in [0.2, 0.25) is 0 Å². The molecule has 0 saturated heterocycles. The maximum atomic E-state index is 11.7. The van der Waals surface area contributed by atoms with Crippen molar-refractivity contribution in [1.82, 2.24) is 5.32 Å². The Morgan fingerprint density at radius 3 is 2.60 bits per heavy atom. The number of hydrogen-bond donors (Lipinski definition) is 3. The molecule has 1 aromatic rings. The molecule has 8 heteroatoms. The van der Waals surface area contributed by atoms with Gasteiger partial charge in [-0.2, -0.15) is 0 Å². The fraction of sp³-hybridized carbons (Fsp3) is 0.250. The molecule has 0 spiro atoms. The van der Waals surface area contributed by atoms with E-state index in [1.165, 1.54) is 18.2 Å². The van der Waals surface area contributed by atoms with Gasteiger partial charge in [0.1, 0.15) is 11.3 Å². The zero-order valence-corrected chi connectivity index (χ0v) is 10.8. The molecule has 0 aromatic heterocycles. The lowest BCUT2D eigenvalue weighted by molar-refractivity contribution is -0.121. The highest BCUT2D eigenvalue weighted by atomic mass is 16.5. The number of nitrogens with one attached hydrogen (secondary N) is 1. The van der Waals surface area contributed by atoms with E-state index in [0.29, 0.717) is 5.69 Å². The van der Waals surface area contributed by atoms with Crippen LogP contribution in [0.25, 0.3) is 0 Å². The van der Waals surface area contributed by atoms with Gasteiger partial charge >= 0.3 is 12.0 Å². The van der Waals surface area contributed by atoms with Crippen molar-refractivity contribution in [2.24, 2.45) is 5.73 Å². The van der Waals surface area contributed by atoms with E-state index in [1.54, 1.807) is 6.92 Å². The molecule has 1 aromatic carbocycles. The molecule has 0 aliphatic carbocycles. The minimum Gasteiger partial charge on any atom is -0.483 e. The van der Waals surface area contributed by atoms with Gasteiger partial charge in [-0.15, -0.1) is 0 Å². The molecule has 5 N–H and O–H groups in total. The molecule has 108 valence electrons. The molecule has 0 aliphatic rings. The van der Waals surface area contributed by atoms with Crippen LogP contribution in [0.1, 0.15) is 17.3 Å². The van der Waals surface area contributed by atoms with Crippen molar-refractivity contribution in [3.05, 3.63) is 23.8 Å². The maximum Gasteiger partial charge on any atom is 0.341 e. The first-order valence-corrected chi connectivity index (χ1v) is 5.72. The Kier molecular flexibility index (Phi) is 5.33. The van der Waals surface area contributed by atoms with Gasteiger partial charge in [-0.3, -0.25) is 10.1 Å². The Hall–Kier alpha value is -2.77. The van der Waals surface area contributed by atoms with Crippen LogP contribution in [0.15, 0.2) is 18.2 Å². The molecule has 8 nitrogen and oxygen atoms in total. The number of esters is 1. The number of ether oxygens (including phenoxy) is 2.